The zero-order valence-corrected chi connectivity index (χ0v) is 10.9. The Kier molecular flexibility index (Phi) is 5.09. The van der Waals surface area contributed by atoms with Crippen molar-refractivity contribution in [3.05, 3.63) is 23.8 Å². The van der Waals surface area contributed by atoms with Crippen LogP contribution in [-0.2, 0) is 15.8 Å². The number of hydrogen-bond acceptors (Lipinski definition) is 3. The molecule has 0 bridgehead atoms. The lowest BCUT2D eigenvalue weighted by Crippen LogP contribution is -2.26. The van der Waals surface area contributed by atoms with Crippen molar-refractivity contribution >= 4 is 23.2 Å². The van der Waals surface area contributed by atoms with E-state index in [1.807, 2.05) is 0 Å². The highest BCUT2D eigenvalue weighted by molar-refractivity contribution is 5.94. The summed E-state index contributed by atoms with van der Waals surface area (Å²) < 4.78 is 38.8. The minimum absolute atomic E-state index is 0.0106. The number of carbonyl (C=O) groups is 2. The second-order valence-electron chi connectivity index (χ2n) is 4.02. The molecule has 5 nitrogen and oxygen atoms in total. The number of benzene rings is 1. The van der Waals surface area contributed by atoms with Gasteiger partial charge in [-0.15, -0.1) is 0 Å². The Morgan fingerprint density at radius 2 is 1.85 bits per heavy atom. The molecule has 8 heteroatoms. The number of nitrogens with one attached hydrogen (secondary N) is 3. The standard InChI is InChI=1S/C12H14F3N3O2/c1-7(19)17-8-3-4-10(18-11(20)6-16-2)9(5-8)12(13,14)15/h3-5,16H,6H2,1-2H3,(H,17,19)(H,18,20). The quantitative estimate of drug-likeness (QED) is 0.792. The molecule has 3 N–H and O–H groups in total. The van der Waals surface area contributed by atoms with Crippen LogP contribution in [0.1, 0.15) is 12.5 Å². The van der Waals surface area contributed by atoms with E-state index in [2.05, 4.69) is 16.0 Å². The number of rotatable bonds is 4. The van der Waals surface area contributed by atoms with E-state index in [9.17, 15) is 22.8 Å². The summed E-state index contributed by atoms with van der Waals surface area (Å²) in [5.41, 5.74) is -1.36. The molecule has 0 radical (unpaired) electrons. The van der Waals surface area contributed by atoms with Gasteiger partial charge in [0.1, 0.15) is 0 Å². The van der Waals surface area contributed by atoms with E-state index in [0.29, 0.717) is 0 Å². The smallest absolute Gasteiger partial charge is 0.326 e. The highest BCUT2D eigenvalue weighted by Gasteiger charge is 2.34. The lowest BCUT2D eigenvalue weighted by molar-refractivity contribution is -0.137. The van der Waals surface area contributed by atoms with Crippen LogP contribution in [0.25, 0.3) is 0 Å². The Balaban J connectivity index is 3.10. The molecule has 0 fully saturated rings. The molecule has 0 spiro atoms. The molecule has 1 aromatic carbocycles. The Hall–Kier alpha value is -2.09. The van der Waals surface area contributed by atoms with Crippen molar-refractivity contribution < 1.29 is 22.8 Å². The number of halogens is 3. The van der Waals surface area contributed by atoms with E-state index in [1.165, 1.54) is 20.0 Å². The van der Waals surface area contributed by atoms with Gasteiger partial charge < -0.3 is 16.0 Å². The number of hydrogen-bond donors (Lipinski definition) is 3. The molecule has 1 rings (SSSR count). The van der Waals surface area contributed by atoms with Gasteiger partial charge in [0.05, 0.1) is 17.8 Å². The second-order valence-corrected chi connectivity index (χ2v) is 4.02. The summed E-state index contributed by atoms with van der Waals surface area (Å²) in [4.78, 5) is 22.2. The predicted octanol–water partition coefficient (Wildman–Crippen LogP) is 1.82. The molecule has 0 saturated carbocycles. The van der Waals surface area contributed by atoms with Crippen molar-refractivity contribution in [3.63, 3.8) is 0 Å². The first-order valence-electron chi connectivity index (χ1n) is 5.67. The van der Waals surface area contributed by atoms with E-state index in [1.54, 1.807) is 0 Å². The molecule has 0 heterocycles. The fourth-order valence-electron chi connectivity index (χ4n) is 1.52. The van der Waals surface area contributed by atoms with Crippen LogP contribution in [0.5, 0.6) is 0 Å². The van der Waals surface area contributed by atoms with Crippen LogP contribution in [0, 0.1) is 0 Å². The number of carbonyl (C=O) groups excluding carboxylic acids is 2. The maximum atomic E-state index is 12.9. The average molecular weight is 289 g/mol. The van der Waals surface area contributed by atoms with Gasteiger partial charge in [-0.2, -0.15) is 13.2 Å². The summed E-state index contributed by atoms with van der Waals surface area (Å²) >= 11 is 0. The van der Waals surface area contributed by atoms with Gasteiger partial charge in [0, 0.05) is 12.6 Å². The van der Waals surface area contributed by atoms with E-state index in [-0.39, 0.29) is 17.9 Å². The van der Waals surface area contributed by atoms with Crippen LogP contribution in [0.15, 0.2) is 18.2 Å². The van der Waals surface area contributed by atoms with E-state index in [4.69, 9.17) is 0 Å². The molecule has 0 unspecified atom stereocenters. The molecule has 0 atom stereocenters. The van der Waals surface area contributed by atoms with Crippen molar-refractivity contribution in [2.75, 3.05) is 24.2 Å². The third-order valence-corrected chi connectivity index (χ3v) is 2.26. The molecular weight excluding hydrogens is 275 g/mol. The van der Waals surface area contributed by atoms with Crippen LogP contribution >= 0.6 is 0 Å². The number of amides is 2. The summed E-state index contributed by atoms with van der Waals surface area (Å²) in [7, 11) is 1.50. The van der Waals surface area contributed by atoms with Crippen molar-refractivity contribution in [2.24, 2.45) is 0 Å². The van der Waals surface area contributed by atoms with Gasteiger partial charge >= 0.3 is 6.18 Å². The molecule has 20 heavy (non-hydrogen) atoms. The Morgan fingerprint density at radius 3 is 2.35 bits per heavy atom. The third-order valence-electron chi connectivity index (χ3n) is 2.26. The predicted molar refractivity (Wildman–Crippen MR) is 68.3 cm³/mol. The lowest BCUT2D eigenvalue weighted by atomic mass is 10.1. The first-order valence-corrected chi connectivity index (χ1v) is 5.67. The summed E-state index contributed by atoms with van der Waals surface area (Å²) in [6.07, 6.45) is -4.64. The summed E-state index contributed by atoms with van der Waals surface area (Å²) in [6, 6.07) is 3.16. The summed E-state index contributed by atoms with van der Waals surface area (Å²) in [5.74, 6) is -1.07. The topological polar surface area (TPSA) is 70.2 Å². The fourth-order valence-corrected chi connectivity index (χ4v) is 1.52. The van der Waals surface area contributed by atoms with Crippen molar-refractivity contribution in [2.45, 2.75) is 13.1 Å². The van der Waals surface area contributed by atoms with Gasteiger partial charge in [-0.25, -0.2) is 0 Å². The molecule has 0 aliphatic carbocycles. The lowest BCUT2D eigenvalue weighted by Gasteiger charge is -2.15. The average Bonchev–Trinajstić information content (AvgIpc) is 2.29. The zero-order chi connectivity index (χ0) is 15.3. The molecule has 0 saturated heterocycles. The molecule has 0 aliphatic heterocycles. The van der Waals surface area contributed by atoms with Crippen LogP contribution in [0.3, 0.4) is 0 Å². The maximum absolute atomic E-state index is 12.9. The van der Waals surface area contributed by atoms with E-state index < -0.39 is 23.6 Å². The minimum Gasteiger partial charge on any atom is -0.326 e. The van der Waals surface area contributed by atoms with Crippen molar-refractivity contribution in [1.82, 2.24) is 5.32 Å². The second kappa shape index (κ2) is 6.38. The molecule has 1 aromatic rings. The van der Waals surface area contributed by atoms with E-state index >= 15 is 0 Å². The number of likely N-dealkylation sites (N-methyl/N-ethyl adjacent to an activating group) is 1. The van der Waals surface area contributed by atoms with Crippen LogP contribution in [0.2, 0.25) is 0 Å². The molecular formula is C12H14F3N3O2. The first kappa shape index (κ1) is 16.0. The van der Waals surface area contributed by atoms with E-state index in [0.717, 1.165) is 12.1 Å². The number of anilines is 2. The Morgan fingerprint density at radius 1 is 1.20 bits per heavy atom. The zero-order valence-electron chi connectivity index (χ0n) is 10.9. The SMILES string of the molecule is CNCC(=O)Nc1ccc(NC(C)=O)cc1C(F)(F)F. The van der Waals surface area contributed by atoms with Gasteiger partial charge in [-0.3, -0.25) is 9.59 Å². The van der Waals surface area contributed by atoms with Crippen molar-refractivity contribution in [1.29, 1.82) is 0 Å². The summed E-state index contributed by atoms with van der Waals surface area (Å²) in [6.45, 7) is 1.08. The molecule has 0 aliphatic rings. The van der Waals surface area contributed by atoms with Gasteiger partial charge in [0.15, 0.2) is 0 Å². The third kappa shape index (κ3) is 4.54. The largest absolute Gasteiger partial charge is 0.418 e. The van der Waals surface area contributed by atoms with Gasteiger partial charge in [-0.05, 0) is 25.2 Å². The highest BCUT2D eigenvalue weighted by atomic mass is 19.4. The fraction of sp³-hybridized carbons (Fsp3) is 0.333. The Bertz CT molecular complexity index is 515. The Labute approximate surface area is 113 Å². The van der Waals surface area contributed by atoms with Crippen LogP contribution < -0.4 is 16.0 Å². The molecule has 0 aromatic heterocycles. The monoisotopic (exact) mass is 289 g/mol. The number of alkyl halides is 3. The van der Waals surface area contributed by atoms with Crippen LogP contribution in [-0.4, -0.2) is 25.4 Å². The van der Waals surface area contributed by atoms with Gasteiger partial charge in [-0.1, -0.05) is 0 Å². The normalized spacial score (nSPS) is 11.1. The highest BCUT2D eigenvalue weighted by Crippen LogP contribution is 2.36. The van der Waals surface area contributed by atoms with Crippen molar-refractivity contribution in [3.8, 4) is 0 Å². The van der Waals surface area contributed by atoms with Gasteiger partial charge in [0.25, 0.3) is 0 Å². The van der Waals surface area contributed by atoms with Gasteiger partial charge in [0.2, 0.25) is 11.8 Å². The molecule has 110 valence electrons. The maximum Gasteiger partial charge on any atom is 0.418 e. The minimum atomic E-state index is -4.64. The first-order chi connectivity index (χ1) is 9.24. The summed E-state index contributed by atoms with van der Waals surface area (Å²) in [5, 5.41) is 6.96. The van der Waals surface area contributed by atoms with Crippen LogP contribution in [0.4, 0.5) is 24.5 Å². The molecule has 2 amide bonds.